The second-order valence-electron chi connectivity index (χ2n) is 5.67. The summed E-state index contributed by atoms with van der Waals surface area (Å²) in [5, 5.41) is 9.09. The number of hydrogen-bond acceptors (Lipinski definition) is 3. The molecule has 1 N–H and O–H groups in total. The lowest BCUT2D eigenvalue weighted by Crippen LogP contribution is -2.11. The highest BCUT2D eigenvalue weighted by atomic mass is 16.5. The van der Waals surface area contributed by atoms with Gasteiger partial charge in [-0.1, -0.05) is 32.0 Å². The van der Waals surface area contributed by atoms with Crippen molar-refractivity contribution in [2.45, 2.75) is 26.7 Å². The molecule has 2 rings (SSSR count). The quantitative estimate of drug-likeness (QED) is 0.775. The summed E-state index contributed by atoms with van der Waals surface area (Å²) in [6.45, 7) is 7.04. The number of aryl methyl sites for hydroxylation is 1. The smallest absolute Gasteiger partial charge is 0.339 e. The van der Waals surface area contributed by atoms with Crippen LogP contribution in [0.3, 0.4) is 0 Å². The minimum atomic E-state index is -0.999. The molecule has 0 heterocycles. The van der Waals surface area contributed by atoms with Crippen LogP contribution >= 0.6 is 0 Å². The number of carbonyl (C=O) groups is 1. The maximum absolute atomic E-state index is 11.1. The summed E-state index contributed by atoms with van der Waals surface area (Å²) < 4.78 is 11.2. The first-order chi connectivity index (χ1) is 11.0. The minimum Gasteiger partial charge on any atom is -0.490 e. The van der Waals surface area contributed by atoms with Crippen LogP contribution < -0.4 is 9.47 Å². The monoisotopic (exact) mass is 314 g/mol. The molecule has 0 unspecified atom stereocenters. The van der Waals surface area contributed by atoms with Crippen molar-refractivity contribution in [3.63, 3.8) is 0 Å². The molecule has 2 aromatic carbocycles. The van der Waals surface area contributed by atoms with Crippen LogP contribution in [0, 0.1) is 6.92 Å². The molecular weight excluding hydrogens is 292 g/mol. The molecule has 0 fully saturated rings. The molecule has 0 bridgehead atoms. The van der Waals surface area contributed by atoms with Gasteiger partial charge in [-0.15, -0.1) is 0 Å². The van der Waals surface area contributed by atoms with Crippen LogP contribution in [0.1, 0.15) is 41.3 Å². The van der Waals surface area contributed by atoms with Gasteiger partial charge < -0.3 is 14.6 Å². The van der Waals surface area contributed by atoms with Gasteiger partial charge in [0, 0.05) is 0 Å². The molecule has 0 atom stereocenters. The second kappa shape index (κ2) is 7.68. The van der Waals surface area contributed by atoms with Gasteiger partial charge in [0.15, 0.2) is 0 Å². The molecular formula is C19H22O4. The van der Waals surface area contributed by atoms with Crippen LogP contribution in [0.2, 0.25) is 0 Å². The highest BCUT2D eigenvalue weighted by Gasteiger charge is 2.10. The highest BCUT2D eigenvalue weighted by Crippen LogP contribution is 2.23. The zero-order valence-electron chi connectivity index (χ0n) is 13.7. The van der Waals surface area contributed by atoms with E-state index in [2.05, 4.69) is 26.8 Å². The van der Waals surface area contributed by atoms with Crippen LogP contribution in [-0.4, -0.2) is 24.3 Å². The van der Waals surface area contributed by atoms with Crippen molar-refractivity contribution in [3.8, 4) is 11.5 Å². The predicted octanol–water partition coefficient (Wildman–Crippen LogP) is 4.27. The van der Waals surface area contributed by atoms with E-state index in [9.17, 15) is 4.79 Å². The molecule has 0 amide bonds. The van der Waals surface area contributed by atoms with Crippen LogP contribution in [0.25, 0.3) is 0 Å². The Labute approximate surface area is 136 Å². The molecule has 2 aromatic rings. The standard InChI is InChI=1S/C19H22O4/c1-13(2)16-9-8-15(12-14(16)3)22-10-11-23-18-7-5-4-6-17(18)19(20)21/h4-9,12-13H,10-11H2,1-3H3,(H,20,21). The predicted molar refractivity (Wildman–Crippen MR) is 89.7 cm³/mol. The Bertz CT molecular complexity index is 677. The summed E-state index contributed by atoms with van der Waals surface area (Å²) >= 11 is 0. The third-order valence-corrected chi connectivity index (χ3v) is 3.59. The van der Waals surface area contributed by atoms with Gasteiger partial charge in [0.05, 0.1) is 0 Å². The van der Waals surface area contributed by atoms with E-state index < -0.39 is 5.97 Å². The molecule has 0 saturated carbocycles. The Kier molecular flexibility index (Phi) is 5.63. The van der Waals surface area contributed by atoms with Gasteiger partial charge in [0.25, 0.3) is 0 Å². The first-order valence-electron chi connectivity index (χ1n) is 7.67. The number of carboxylic acids is 1. The molecule has 0 aliphatic heterocycles. The number of hydrogen-bond donors (Lipinski definition) is 1. The maximum atomic E-state index is 11.1. The zero-order valence-corrected chi connectivity index (χ0v) is 13.7. The second-order valence-corrected chi connectivity index (χ2v) is 5.67. The zero-order chi connectivity index (χ0) is 16.8. The topological polar surface area (TPSA) is 55.8 Å². The van der Waals surface area contributed by atoms with E-state index in [0.29, 0.717) is 18.3 Å². The molecule has 0 saturated heterocycles. The first-order valence-corrected chi connectivity index (χ1v) is 7.67. The summed E-state index contributed by atoms with van der Waals surface area (Å²) in [5.41, 5.74) is 2.67. The fourth-order valence-corrected chi connectivity index (χ4v) is 2.47. The van der Waals surface area contributed by atoms with Crippen molar-refractivity contribution >= 4 is 5.97 Å². The van der Waals surface area contributed by atoms with Crippen molar-refractivity contribution in [2.24, 2.45) is 0 Å². The van der Waals surface area contributed by atoms with E-state index >= 15 is 0 Å². The number of ether oxygens (including phenoxy) is 2. The molecule has 23 heavy (non-hydrogen) atoms. The van der Waals surface area contributed by atoms with E-state index in [0.717, 1.165) is 5.75 Å². The summed E-state index contributed by atoms with van der Waals surface area (Å²) in [7, 11) is 0. The average Bonchev–Trinajstić information content (AvgIpc) is 2.51. The van der Waals surface area contributed by atoms with Crippen LogP contribution in [0.4, 0.5) is 0 Å². The fraction of sp³-hybridized carbons (Fsp3) is 0.316. The largest absolute Gasteiger partial charge is 0.490 e. The normalized spacial score (nSPS) is 10.6. The van der Waals surface area contributed by atoms with E-state index in [4.69, 9.17) is 14.6 Å². The third kappa shape index (κ3) is 4.49. The lowest BCUT2D eigenvalue weighted by molar-refractivity contribution is 0.0691. The number of rotatable bonds is 7. The number of para-hydroxylation sites is 1. The van der Waals surface area contributed by atoms with Crippen molar-refractivity contribution in [2.75, 3.05) is 13.2 Å². The SMILES string of the molecule is Cc1cc(OCCOc2ccccc2C(=O)O)ccc1C(C)C. The van der Waals surface area contributed by atoms with E-state index in [1.165, 1.54) is 17.2 Å². The van der Waals surface area contributed by atoms with Gasteiger partial charge in [0.1, 0.15) is 30.3 Å². The Balaban J connectivity index is 1.89. The molecule has 0 aliphatic carbocycles. The highest BCUT2D eigenvalue weighted by molar-refractivity contribution is 5.90. The summed E-state index contributed by atoms with van der Waals surface area (Å²) in [6.07, 6.45) is 0. The molecule has 122 valence electrons. The van der Waals surface area contributed by atoms with Crippen molar-refractivity contribution < 1.29 is 19.4 Å². The van der Waals surface area contributed by atoms with Crippen LogP contribution in [-0.2, 0) is 0 Å². The molecule has 0 aromatic heterocycles. The molecule has 4 nitrogen and oxygen atoms in total. The Morgan fingerprint density at radius 1 is 1.09 bits per heavy atom. The fourth-order valence-electron chi connectivity index (χ4n) is 2.47. The lowest BCUT2D eigenvalue weighted by Gasteiger charge is -2.13. The summed E-state index contributed by atoms with van der Waals surface area (Å²) in [6, 6.07) is 12.6. The van der Waals surface area contributed by atoms with E-state index in [1.54, 1.807) is 18.2 Å². The van der Waals surface area contributed by atoms with Gasteiger partial charge in [-0.05, 0) is 48.2 Å². The van der Waals surface area contributed by atoms with E-state index in [1.807, 2.05) is 12.1 Å². The first kappa shape index (κ1) is 16.9. The van der Waals surface area contributed by atoms with Gasteiger partial charge in [-0.3, -0.25) is 0 Å². The lowest BCUT2D eigenvalue weighted by atomic mass is 9.98. The molecule has 0 radical (unpaired) electrons. The Morgan fingerprint density at radius 3 is 2.43 bits per heavy atom. The number of benzene rings is 2. The molecule has 0 aliphatic rings. The number of carboxylic acid groups (broad SMARTS) is 1. The van der Waals surface area contributed by atoms with Gasteiger partial charge in [-0.2, -0.15) is 0 Å². The maximum Gasteiger partial charge on any atom is 0.339 e. The molecule has 0 spiro atoms. The van der Waals surface area contributed by atoms with Crippen LogP contribution in [0.5, 0.6) is 11.5 Å². The van der Waals surface area contributed by atoms with Gasteiger partial charge in [-0.25, -0.2) is 4.79 Å². The van der Waals surface area contributed by atoms with Crippen molar-refractivity contribution in [1.82, 2.24) is 0 Å². The van der Waals surface area contributed by atoms with Gasteiger partial charge >= 0.3 is 5.97 Å². The minimum absolute atomic E-state index is 0.157. The van der Waals surface area contributed by atoms with Gasteiger partial charge in [0.2, 0.25) is 0 Å². The van der Waals surface area contributed by atoms with Crippen LogP contribution in [0.15, 0.2) is 42.5 Å². The van der Waals surface area contributed by atoms with Crippen molar-refractivity contribution in [3.05, 3.63) is 59.2 Å². The average molecular weight is 314 g/mol. The Morgan fingerprint density at radius 2 is 1.78 bits per heavy atom. The summed E-state index contributed by atoms with van der Waals surface area (Å²) in [5.74, 6) is 0.637. The van der Waals surface area contributed by atoms with Crippen molar-refractivity contribution in [1.29, 1.82) is 0 Å². The number of aromatic carboxylic acids is 1. The van der Waals surface area contributed by atoms with E-state index in [-0.39, 0.29) is 12.2 Å². The molecule has 4 heteroatoms. The summed E-state index contributed by atoms with van der Waals surface area (Å²) in [4.78, 5) is 11.1. The third-order valence-electron chi connectivity index (χ3n) is 3.59. The Hall–Kier alpha value is -2.49.